The molecule has 2 amide bonds. The highest BCUT2D eigenvalue weighted by atomic mass is 16.6. The number of nitrogens with zero attached hydrogens (tertiary/aromatic N) is 1. The highest BCUT2D eigenvalue weighted by Crippen LogP contribution is 2.33. The summed E-state index contributed by atoms with van der Waals surface area (Å²) in [4.78, 5) is 26.3. The zero-order valence-corrected chi connectivity index (χ0v) is 13.7. The number of cyclic esters (lactones) is 1. The van der Waals surface area contributed by atoms with Crippen LogP contribution in [0.25, 0.3) is 0 Å². The highest BCUT2D eigenvalue weighted by molar-refractivity contribution is 5.95. The molecule has 4 heteroatoms. The monoisotopic (exact) mass is 303 g/mol. The van der Waals surface area contributed by atoms with Gasteiger partial charge in [-0.15, -0.1) is 0 Å². The van der Waals surface area contributed by atoms with Crippen LogP contribution in [-0.2, 0) is 16.0 Å². The van der Waals surface area contributed by atoms with Crippen LogP contribution in [-0.4, -0.2) is 29.0 Å². The molecule has 0 bridgehead atoms. The lowest BCUT2D eigenvalue weighted by Gasteiger charge is -2.34. The maximum absolute atomic E-state index is 12.7. The maximum Gasteiger partial charge on any atom is 0.417 e. The number of carbonyl (C=O) groups is 2. The molecule has 1 aliphatic heterocycles. The van der Waals surface area contributed by atoms with E-state index in [1.807, 2.05) is 51.1 Å². The van der Waals surface area contributed by atoms with Gasteiger partial charge in [0.1, 0.15) is 6.61 Å². The molecule has 1 fully saturated rings. The first-order valence-corrected chi connectivity index (χ1v) is 8.09. The summed E-state index contributed by atoms with van der Waals surface area (Å²) in [7, 11) is 0. The fraction of sp³-hybridized carbons (Fsp3) is 0.556. The minimum absolute atomic E-state index is 0.109. The summed E-state index contributed by atoms with van der Waals surface area (Å²) in [5.41, 5.74) is 0.556. The largest absolute Gasteiger partial charge is 0.447 e. The van der Waals surface area contributed by atoms with E-state index < -0.39 is 11.6 Å². The van der Waals surface area contributed by atoms with E-state index in [1.165, 1.54) is 4.90 Å². The smallest absolute Gasteiger partial charge is 0.417 e. The first kappa shape index (κ1) is 16.5. The molecule has 1 saturated heterocycles. The lowest BCUT2D eigenvalue weighted by Crippen LogP contribution is -2.53. The van der Waals surface area contributed by atoms with E-state index >= 15 is 0 Å². The maximum atomic E-state index is 12.7. The number of amides is 2. The van der Waals surface area contributed by atoms with Crippen molar-refractivity contribution >= 4 is 12.0 Å². The molecular weight excluding hydrogens is 278 g/mol. The minimum atomic E-state index is -0.558. The van der Waals surface area contributed by atoms with Crippen molar-refractivity contribution in [2.45, 2.75) is 52.0 Å². The van der Waals surface area contributed by atoms with Gasteiger partial charge in [-0.3, -0.25) is 4.79 Å². The van der Waals surface area contributed by atoms with Crippen molar-refractivity contribution in [3.8, 4) is 0 Å². The van der Waals surface area contributed by atoms with Gasteiger partial charge in [-0.05, 0) is 24.8 Å². The molecule has 22 heavy (non-hydrogen) atoms. The molecule has 0 N–H and O–H groups in total. The first-order valence-electron chi connectivity index (χ1n) is 8.09. The Labute approximate surface area is 132 Å². The lowest BCUT2D eigenvalue weighted by molar-refractivity contribution is -0.135. The van der Waals surface area contributed by atoms with Crippen LogP contribution in [0.2, 0.25) is 0 Å². The lowest BCUT2D eigenvalue weighted by atomic mass is 9.87. The Morgan fingerprint density at radius 1 is 1.32 bits per heavy atom. The normalized spacial score (nSPS) is 22.5. The summed E-state index contributed by atoms with van der Waals surface area (Å²) in [6, 6.07) is 9.96. The summed E-state index contributed by atoms with van der Waals surface area (Å²) in [6.07, 6.45) is 2.55. The van der Waals surface area contributed by atoms with Gasteiger partial charge in [0.2, 0.25) is 5.91 Å². The third-order valence-electron chi connectivity index (χ3n) is 4.52. The fourth-order valence-electron chi connectivity index (χ4n) is 3.11. The zero-order valence-electron chi connectivity index (χ0n) is 13.7. The molecule has 1 heterocycles. The molecule has 120 valence electrons. The summed E-state index contributed by atoms with van der Waals surface area (Å²) >= 11 is 0. The first-order chi connectivity index (χ1) is 10.5. The molecule has 2 rings (SSSR count). The second-order valence-corrected chi connectivity index (χ2v) is 6.16. The average Bonchev–Trinajstić information content (AvgIpc) is 2.85. The molecule has 0 unspecified atom stereocenters. The molecule has 0 radical (unpaired) electrons. The molecule has 0 spiro atoms. The third kappa shape index (κ3) is 3.16. The predicted octanol–water partition coefficient (Wildman–Crippen LogP) is 3.79. The van der Waals surface area contributed by atoms with Crippen LogP contribution in [0.15, 0.2) is 30.3 Å². The van der Waals surface area contributed by atoms with Crippen LogP contribution in [0.3, 0.4) is 0 Å². The number of ether oxygens (including phenoxy) is 1. The van der Waals surface area contributed by atoms with E-state index in [9.17, 15) is 9.59 Å². The average molecular weight is 303 g/mol. The van der Waals surface area contributed by atoms with Crippen molar-refractivity contribution < 1.29 is 14.3 Å². The van der Waals surface area contributed by atoms with Crippen LogP contribution in [0.5, 0.6) is 0 Å². The van der Waals surface area contributed by atoms with Crippen LogP contribution in [0.1, 0.15) is 45.6 Å². The van der Waals surface area contributed by atoms with Gasteiger partial charge in [-0.1, -0.05) is 57.5 Å². The molecule has 4 nitrogen and oxygen atoms in total. The molecule has 2 atom stereocenters. The Bertz CT molecular complexity index is 528. The van der Waals surface area contributed by atoms with Gasteiger partial charge in [0.05, 0.1) is 5.54 Å². The van der Waals surface area contributed by atoms with E-state index in [1.54, 1.807) is 0 Å². The van der Waals surface area contributed by atoms with E-state index in [0.29, 0.717) is 12.8 Å². The van der Waals surface area contributed by atoms with Crippen LogP contribution in [0.4, 0.5) is 4.79 Å². The zero-order chi connectivity index (χ0) is 16.2. The van der Waals surface area contributed by atoms with Crippen molar-refractivity contribution in [3.63, 3.8) is 0 Å². The predicted molar refractivity (Wildman–Crippen MR) is 85.4 cm³/mol. The second-order valence-electron chi connectivity index (χ2n) is 6.16. The van der Waals surface area contributed by atoms with Crippen molar-refractivity contribution in [1.82, 2.24) is 4.90 Å². The van der Waals surface area contributed by atoms with Gasteiger partial charge in [-0.25, -0.2) is 9.69 Å². The topological polar surface area (TPSA) is 46.6 Å². The fourth-order valence-corrected chi connectivity index (χ4v) is 3.11. The van der Waals surface area contributed by atoms with Crippen LogP contribution < -0.4 is 0 Å². The molecule has 1 aromatic carbocycles. The number of carbonyl (C=O) groups excluding carboxylic acids is 2. The molecular formula is C18H25NO3. The van der Waals surface area contributed by atoms with Gasteiger partial charge in [0.25, 0.3) is 0 Å². The Kier molecular flexibility index (Phi) is 5.22. The molecule has 1 aromatic rings. The molecule has 0 aliphatic carbocycles. The molecule has 1 aliphatic rings. The number of hydrogen-bond donors (Lipinski definition) is 0. The molecule has 0 aromatic heterocycles. The highest BCUT2D eigenvalue weighted by Gasteiger charge is 2.50. The van der Waals surface area contributed by atoms with Gasteiger partial charge in [0.15, 0.2) is 0 Å². The van der Waals surface area contributed by atoms with E-state index in [2.05, 4.69) is 0 Å². The van der Waals surface area contributed by atoms with Crippen molar-refractivity contribution in [2.24, 2.45) is 5.92 Å². The van der Waals surface area contributed by atoms with Crippen molar-refractivity contribution in [3.05, 3.63) is 35.9 Å². The standard InChI is InChI=1S/C18H25NO3/c1-4-9-14(3)16(20)19-17(21)22-13-18(19,5-2)12-15-10-7-6-8-11-15/h6-8,10-11,14H,4-5,9,12-13H2,1-3H3/t14-,18+/m0/s1. The summed E-state index contributed by atoms with van der Waals surface area (Å²) in [5.74, 6) is -0.264. The second kappa shape index (κ2) is 6.95. The SMILES string of the molecule is CCC[C@H](C)C(=O)N1C(=O)OC[C@@]1(CC)Cc1ccccc1. The van der Waals surface area contributed by atoms with Crippen LogP contribution in [0, 0.1) is 5.92 Å². The summed E-state index contributed by atoms with van der Waals surface area (Å²) in [5, 5.41) is 0. The van der Waals surface area contributed by atoms with Crippen molar-refractivity contribution in [2.75, 3.05) is 6.61 Å². The van der Waals surface area contributed by atoms with E-state index in [4.69, 9.17) is 4.74 Å². The quantitative estimate of drug-likeness (QED) is 0.803. The van der Waals surface area contributed by atoms with Crippen LogP contribution >= 0.6 is 0 Å². The Hall–Kier alpha value is -1.84. The number of benzene rings is 1. The Balaban J connectivity index is 2.28. The van der Waals surface area contributed by atoms with E-state index in [-0.39, 0.29) is 18.4 Å². The van der Waals surface area contributed by atoms with Gasteiger partial charge in [0, 0.05) is 5.92 Å². The summed E-state index contributed by atoms with van der Waals surface area (Å²) < 4.78 is 5.26. The third-order valence-corrected chi connectivity index (χ3v) is 4.52. The Morgan fingerprint density at radius 3 is 2.59 bits per heavy atom. The number of hydrogen-bond acceptors (Lipinski definition) is 3. The summed E-state index contributed by atoms with van der Waals surface area (Å²) in [6.45, 7) is 6.22. The van der Waals surface area contributed by atoms with Gasteiger partial charge >= 0.3 is 6.09 Å². The molecule has 0 saturated carbocycles. The minimum Gasteiger partial charge on any atom is -0.447 e. The Morgan fingerprint density at radius 2 is 2.00 bits per heavy atom. The van der Waals surface area contributed by atoms with E-state index in [0.717, 1.165) is 18.4 Å². The van der Waals surface area contributed by atoms with Gasteiger partial charge < -0.3 is 4.74 Å². The number of imide groups is 1. The van der Waals surface area contributed by atoms with Crippen molar-refractivity contribution in [1.29, 1.82) is 0 Å². The van der Waals surface area contributed by atoms with Gasteiger partial charge in [-0.2, -0.15) is 0 Å². The number of rotatable bonds is 6.